The van der Waals surface area contributed by atoms with Gasteiger partial charge in [0.2, 0.25) is 5.91 Å². The highest BCUT2D eigenvalue weighted by Gasteiger charge is 2.63. The second-order valence-corrected chi connectivity index (χ2v) is 14.7. The maximum atomic E-state index is 12.2. The van der Waals surface area contributed by atoms with Crippen LogP contribution in [0.2, 0.25) is 0 Å². The van der Waals surface area contributed by atoms with Crippen LogP contribution in [0.25, 0.3) is 0 Å². The van der Waals surface area contributed by atoms with Crippen molar-refractivity contribution >= 4 is 16.0 Å². The highest BCUT2D eigenvalue weighted by molar-refractivity contribution is 7.85. The Morgan fingerprint density at radius 1 is 1.11 bits per heavy atom. The average molecular weight is 528 g/mol. The third kappa shape index (κ3) is 5.39. The predicted octanol–water partition coefficient (Wildman–Crippen LogP) is 3.89. The van der Waals surface area contributed by atoms with Crippen LogP contribution in [0, 0.1) is 58.7 Å². The third-order valence-corrected chi connectivity index (χ3v) is 12.1. The molecule has 4 N–H and O–H groups in total. The van der Waals surface area contributed by atoms with Crippen molar-refractivity contribution in [3.05, 3.63) is 0 Å². The lowest BCUT2D eigenvalue weighted by Gasteiger charge is -2.64. The lowest BCUT2D eigenvalue weighted by Crippen LogP contribution is -2.61. The molecule has 0 spiro atoms. The number of carbonyl (C=O) groups is 1. The van der Waals surface area contributed by atoms with Crippen LogP contribution in [0.1, 0.15) is 85.5 Å². The second kappa shape index (κ2) is 10.8. The smallest absolute Gasteiger partial charge is 0.266 e. The van der Waals surface area contributed by atoms with Crippen molar-refractivity contribution in [3.8, 4) is 0 Å². The summed E-state index contributed by atoms with van der Waals surface area (Å²) in [5.74, 6) is 3.54. The summed E-state index contributed by atoms with van der Waals surface area (Å²) >= 11 is 0. The van der Waals surface area contributed by atoms with Crippen molar-refractivity contribution < 1.29 is 28.0 Å². The molecule has 4 saturated carbocycles. The molecular weight excluding hydrogens is 478 g/mol. The minimum Gasteiger partial charge on any atom is -0.393 e. The van der Waals surface area contributed by atoms with Crippen LogP contribution in [0.5, 0.6) is 0 Å². The van der Waals surface area contributed by atoms with E-state index in [2.05, 4.69) is 33.0 Å². The summed E-state index contributed by atoms with van der Waals surface area (Å²) in [5.41, 5.74) is 0.201. The zero-order valence-electron chi connectivity index (χ0n) is 22.6. The maximum absolute atomic E-state index is 12.2. The van der Waals surface area contributed by atoms with Gasteiger partial charge in [-0.25, -0.2) is 0 Å². The average Bonchev–Trinajstić information content (AvgIpc) is 3.24. The van der Waals surface area contributed by atoms with Gasteiger partial charge in [0, 0.05) is 13.0 Å². The SMILES string of the molecule is CC[C@H]1[C@@H](O)[C@H]2[C@@H]3CC[C@H]([C@H](C)CCC(=O)NCCS(=O)(=O)O)[C@H]3[C@H](C)C[C@@H]2[C@@]2(C)CC[C@@H](O)C[C@@H]12. The molecule has 0 aromatic carbocycles. The molecule has 4 fully saturated rings. The summed E-state index contributed by atoms with van der Waals surface area (Å²) in [6.07, 6.45) is 7.84. The Morgan fingerprint density at radius 3 is 2.50 bits per heavy atom. The van der Waals surface area contributed by atoms with Crippen LogP contribution in [0.15, 0.2) is 0 Å². The zero-order valence-corrected chi connectivity index (χ0v) is 23.4. The second-order valence-electron chi connectivity index (χ2n) is 13.1. The summed E-state index contributed by atoms with van der Waals surface area (Å²) in [4.78, 5) is 12.2. The molecule has 0 aromatic rings. The van der Waals surface area contributed by atoms with Crippen LogP contribution in [-0.4, -0.2) is 53.6 Å². The van der Waals surface area contributed by atoms with E-state index in [1.807, 2.05) is 0 Å². The summed E-state index contributed by atoms with van der Waals surface area (Å²) in [6, 6.07) is 0. The van der Waals surface area contributed by atoms with E-state index in [9.17, 15) is 23.4 Å². The molecular formula is C28H49NO6S. The molecule has 0 aromatic heterocycles. The first-order valence-electron chi connectivity index (χ1n) is 14.4. The topological polar surface area (TPSA) is 124 Å². The Balaban J connectivity index is 1.44. The van der Waals surface area contributed by atoms with Gasteiger partial charge in [0.1, 0.15) is 0 Å². The van der Waals surface area contributed by atoms with Crippen molar-refractivity contribution in [1.82, 2.24) is 5.32 Å². The van der Waals surface area contributed by atoms with Gasteiger partial charge in [0.05, 0.1) is 18.0 Å². The Bertz CT molecular complexity index is 894. The third-order valence-electron chi connectivity index (χ3n) is 11.4. The van der Waals surface area contributed by atoms with E-state index in [0.717, 1.165) is 51.4 Å². The number of nitrogens with one attached hydrogen (secondary N) is 1. The van der Waals surface area contributed by atoms with Gasteiger partial charge in [-0.15, -0.1) is 0 Å². The van der Waals surface area contributed by atoms with Crippen molar-refractivity contribution in [1.29, 1.82) is 0 Å². The molecule has 1 amide bonds. The molecule has 0 saturated heterocycles. The first-order chi connectivity index (χ1) is 16.9. The molecule has 0 unspecified atom stereocenters. The highest BCUT2D eigenvalue weighted by atomic mass is 32.2. The molecule has 0 bridgehead atoms. The summed E-state index contributed by atoms with van der Waals surface area (Å²) in [6.45, 7) is 9.28. The quantitative estimate of drug-likeness (QED) is 0.355. The fraction of sp³-hybridized carbons (Fsp3) is 0.964. The van der Waals surface area contributed by atoms with E-state index in [4.69, 9.17) is 4.55 Å². The Labute approximate surface area is 217 Å². The van der Waals surface area contributed by atoms with Crippen LogP contribution in [0.4, 0.5) is 0 Å². The zero-order chi connectivity index (χ0) is 26.4. The minimum absolute atomic E-state index is 0.0620. The molecule has 4 rings (SSSR count). The largest absolute Gasteiger partial charge is 0.393 e. The fourth-order valence-corrected chi connectivity index (χ4v) is 10.1. The standard InChI is InChI=1S/C28H49NO6S/c1-5-19-22-15-18(30)10-11-28(22,4)23-14-17(3)25-20(7-8-21(25)26(23)27(19)32)16(2)6-9-24(31)29-12-13-36(33,34)35/h16-23,25-27,30,32H,5-15H2,1-4H3,(H,29,31)(H,33,34,35)/t16-,17-,18-,19-,20-,21-,22+,23+,25-,26+,27-,28+/m1/s1. The summed E-state index contributed by atoms with van der Waals surface area (Å²) < 4.78 is 30.6. The molecule has 208 valence electrons. The van der Waals surface area contributed by atoms with Crippen LogP contribution in [-0.2, 0) is 14.9 Å². The van der Waals surface area contributed by atoms with Gasteiger partial charge < -0.3 is 15.5 Å². The number of carbonyl (C=O) groups excluding carboxylic acids is 1. The van der Waals surface area contributed by atoms with Crippen LogP contribution < -0.4 is 5.32 Å². The van der Waals surface area contributed by atoms with E-state index in [1.165, 1.54) is 0 Å². The lowest BCUT2D eigenvalue weighted by molar-refractivity contribution is -0.199. The van der Waals surface area contributed by atoms with Crippen molar-refractivity contribution in [2.45, 2.75) is 97.7 Å². The number of aliphatic hydroxyl groups excluding tert-OH is 2. The van der Waals surface area contributed by atoms with E-state index >= 15 is 0 Å². The number of aliphatic hydroxyl groups is 2. The number of rotatable bonds is 8. The maximum Gasteiger partial charge on any atom is 0.266 e. The van der Waals surface area contributed by atoms with Crippen molar-refractivity contribution in [3.63, 3.8) is 0 Å². The monoisotopic (exact) mass is 527 g/mol. The molecule has 8 heteroatoms. The van der Waals surface area contributed by atoms with E-state index < -0.39 is 15.9 Å². The van der Waals surface area contributed by atoms with E-state index in [0.29, 0.717) is 53.8 Å². The summed E-state index contributed by atoms with van der Waals surface area (Å²) in [5, 5.41) is 24.9. The normalized spacial score (nSPS) is 45.3. The molecule has 12 atom stereocenters. The van der Waals surface area contributed by atoms with Gasteiger partial charge in [0.25, 0.3) is 10.1 Å². The molecule has 36 heavy (non-hydrogen) atoms. The molecule has 0 aliphatic heterocycles. The number of amides is 1. The lowest BCUT2D eigenvalue weighted by atomic mass is 9.42. The van der Waals surface area contributed by atoms with Crippen molar-refractivity contribution in [2.24, 2.45) is 58.7 Å². The fourth-order valence-electron chi connectivity index (χ4n) is 9.76. The predicted molar refractivity (Wildman–Crippen MR) is 140 cm³/mol. The van der Waals surface area contributed by atoms with E-state index in [-0.39, 0.29) is 36.0 Å². The minimum atomic E-state index is -4.07. The van der Waals surface area contributed by atoms with Gasteiger partial charge in [-0.2, -0.15) is 8.42 Å². The molecule has 0 heterocycles. The number of fused-ring (bicyclic) bond motifs is 5. The Morgan fingerprint density at radius 2 is 1.83 bits per heavy atom. The van der Waals surface area contributed by atoms with Crippen molar-refractivity contribution in [2.75, 3.05) is 12.3 Å². The van der Waals surface area contributed by atoms with Gasteiger partial charge >= 0.3 is 0 Å². The van der Waals surface area contributed by atoms with Gasteiger partial charge in [-0.05, 0) is 104 Å². The van der Waals surface area contributed by atoms with E-state index in [1.54, 1.807) is 0 Å². The first kappa shape index (κ1) is 28.3. The molecule has 7 nitrogen and oxygen atoms in total. The molecule has 4 aliphatic rings. The van der Waals surface area contributed by atoms with Crippen LogP contribution in [0.3, 0.4) is 0 Å². The molecule has 4 aliphatic carbocycles. The Kier molecular flexibility index (Phi) is 8.51. The molecule has 0 radical (unpaired) electrons. The Hall–Kier alpha value is -0.700. The van der Waals surface area contributed by atoms with Gasteiger partial charge in [0.15, 0.2) is 0 Å². The number of hydrogen-bond donors (Lipinski definition) is 4. The number of hydrogen-bond acceptors (Lipinski definition) is 5. The summed E-state index contributed by atoms with van der Waals surface area (Å²) in [7, 11) is -4.07. The van der Waals surface area contributed by atoms with Gasteiger partial charge in [-0.1, -0.05) is 34.1 Å². The highest BCUT2D eigenvalue weighted by Crippen LogP contribution is 2.67. The van der Waals surface area contributed by atoms with Gasteiger partial charge in [-0.3, -0.25) is 9.35 Å². The van der Waals surface area contributed by atoms with Crippen LogP contribution >= 0.6 is 0 Å². The first-order valence-corrected chi connectivity index (χ1v) is 16.1.